The molecule has 4 nitrogen and oxygen atoms in total. The van der Waals surface area contributed by atoms with Crippen molar-refractivity contribution in [3.05, 3.63) is 5.89 Å². The molecule has 0 aromatic carbocycles. The van der Waals surface area contributed by atoms with Crippen LogP contribution in [0.25, 0.3) is 0 Å². The van der Waals surface area contributed by atoms with Crippen LogP contribution in [0.4, 0.5) is 5.95 Å². The van der Waals surface area contributed by atoms with Gasteiger partial charge in [0.2, 0.25) is 5.89 Å². The summed E-state index contributed by atoms with van der Waals surface area (Å²) in [5.74, 6) is 1.80. The van der Waals surface area contributed by atoms with Gasteiger partial charge in [0, 0.05) is 6.42 Å². The molecule has 0 amide bonds. The number of hydrogen-bond donors (Lipinski definition) is 1. The van der Waals surface area contributed by atoms with Crippen LogP contribution in [0.5, 0.6) is 0 Å². The zero-order valence-corrected chi connectivity index (χ0v) is 7.70. The minimum absolute atomic E-state index is 0.251. The summed E-state index contributed by atoms with van der Waals surface area (Å²) >= 11 is 0. The number of hydrogen-bond acceptors (Lipinski definition) is 4. The Bertz CT molecular complexity index is 266. The van der Waals surface area contributed by atoms with Gasteiger partial charge in [0.15, 0.2) is 0 Å². The minimum atomic E-state index is 0.251. The predicted octanol–water partition coefficient (Wildman–Crippen LogP) is 1.77. The molecule has 1 aromatic heterocycles. The van der Waals surface area contributed by atoms with Crippen LogP contribution in [0, 0.1) is 5.92 Å². The zero-order valence-electron chi connectivity index (χ0n) is 7.70. The van der Waals surface area contributed by atoms with Crippen molar-refractivity contribution >= 4 is 5.95 Å². The standard InChI is InChI=1S/C9H15N3O/c10-9-11-8(13-12-9)6-5-7-3-1-2-4-7/h7H,1-6H2,(H2,10,12). The van der Waals surface area contributed by atoms with Crippen molar-refractivity contribution in [1.82, 2.24) is 10.1 Å². The molecule has 0 radical (unpaired) electrons. The Morgan fingerprint density at radius 3 is 2.77 bits per heavy atom. The molecule has 0 unspecified atom stereocenters. The van der Waals surface area contributed by atoms with Crippen LogP contribution in [0.3, 0.4) is 0 Å². The fraction of sp³-hybridized carbons (Fsp3) is 0.778. The van der Waals surface area contributed by atoms with E-state index in [4.69, 9.17) is 10.3 Å². The third-order valence-corrected chi connectivity index (χ3v) is 2.72. The lowest BCUT2D eigenvalue weighted by Gasteiger charge is -2.04. The van der Waals surface area contributed by atoms with E-state index in [1.807, 2.05) is 0 Å². The van der Waals surface area contributed by atoms with Crippen LogP contribution in [0.15, 0.2) is 4.52 Å². The number of nitrogens with zero attached hydrogens (tertiary/aromatic N) is 2. The van der Waals surface area contributed by atoms with Crippen molar-refractivity contribution in [3.8, 4) is 0 Å². The summed E-state index contributed by atoms with van der Waals surface area (Å²) < 4.78 is 4.94. The fourth-order valence-electron chi connectivity index (χ4n) is 2.00. The van der Waals surface area contributed by atoms with Crippen molar-refractivity contribution < 1.29 is 4.52 Å². The van der Waals surface area contributed by atoms with Crippen molar-refractivity contribution in [1.29, 1.82) is 0 Å². The van der Waals surface area contributed by atoms with Crippen LogP contribution in [0.2, 0.25) is 0 Å². The average Bonchev–Trinajstić information content (AvgIpc) is 2.71. The summed E-state index contributed by atoms with van der Waals surface area (Å²) in [6.07, 6.45) is 7.55. The molecule has 1 aliphatic rings. The Morgan fingerprint density at radius 2 is 2.15 bits per heavy atom. The second-order valence-electron chi connectivity index (χ2n) is 3.74. The van der Waals surface area contributed by atoms with E-state index in [1.54, 1.807) is 0 Å². The van der Waals surface area contributed by atoms with Crippen LogP contribution in [-0.2, 0) is 6.42 Å². The topological polar surface area (TPSA) is 64.9 Å². The van der Waals surface area contributed by atoms with E-state index in [2.05, 4.69) is 10.1 Å². The lowest BCUT2D eigenvalue weighted by Crippen LogP contribution is -1.96. The van der Waals surface area contributed by atoms with Gasteiger partial charge < -0.3 is 10.3 Å². The second-order valence-corrected chi connectivity index (χ2v) is 3.74. The summed E-state index contributed by atoms with van der Waals surface area (Å²) in [5.41, 5.74) is 5.35. The van der Waals surface area contributed by atoms with Gasteiger partial charge in [-0.1, -0.05) is 25.7 Å². The number of rotatable bonds is 3. The number of aromatic nitrogens is 2. The molecule has 2 N–H and O–H groups in total. The molecular formula is C9H15N3O. The highest BCUT2D eigenvalue weighted by Crippen LogP contribution is 2.28. The Hall–Kier alpha value is -1.06. The second kappa shape index (κ2) is 3.77. The normalized spacial score (nSPS) is 18.2. The highest BCUT2D eigenvalue weighted by atomic mass is 16.5. The largest absolute Gasteiger partial charge is 0.365 e. The SMILES string of the molecule is Nc1noc(CCC2CCCC2)n1. The van der Waals surface area contributed by atoms with E-state index in [1.165, 1.54) is 32.1 Å². The molecule has 1 saturated carbocycles. The van der Waals surface area contributed by atoms with E-state index in [-0.39, 0.29) is 5.95 Å². The maximum Gasteiger partial charge on any atom is 0.260 e. The third kappa shape index (κ3) is 2.20. The highest BCUT2D eigenvalue weighted by molar-refractivity contribution is 5.10. The van der Waals surface area contributed by atoms with E-state index in [0.717, 1.165) is 12.3 Å². The quantitative estimate of drug-likeness (QED) is 0.771. The van der Waals surface area contributed by atoms with Gasteiger partial charge in [0.1, 0.15) is 0 Å². The molecule has 1 aromatic rings. The lowest BCUT2D eigenvalue weighted by atomic mass is 10.0. The van der Waals surface area contributed by atoms with Gasteiger partial charge in [0.25, 0.3) is 5.95 Å². The Kier molecular flexibility index (Phi) is 2.47. The summed E-state index contributed by atoms with van der Waals surface area (Å²) in [6, 6.07) is 0. The Balaban J connectivity index is 1.78. The molecular weight excluding hydrogens is 166 g/mol. The Labute approximate surface area is 77.5 Å². The highest BCUT2D eigenvalue weighted by Gasteiger charge is 2.15. The van der Waals surface area contributed by atoms with Gasteiger partial charge in [-0.25, -0.2) is 0 Å². The van der Waals surface area contributed by atoms with Crippen molar-refractivity contribution in [2.45, 2.75) is 38.5 Å². The molecule has 2 rings (SSSR count). The third-order valence-electron chi connectivity index (χ3n) is 2.72. The molecule has 0 spiro atoms. The molecule has 1 heterocycles. The molecule has 0 aliphatic heterocycles. The molecule has 0 bridgehead atoms. The van der Waals surface area contributed by atoms with Crippen molar-refractivity contribution in [2.24, 2.45) is 5.92 Å². The van der Waals surface area contributed by atoms with Gasteiger partial charge in [-0.05, 0) is 17.5 Å². The molecule has 0 atom stereocenters. The fourth-order valence-corrected chi connectivity index (χ4v) is 2.00. The Morgan fingerprint density at radius 1 is 1.38 bits per heavy atom. The summed E-state index contributed by atoms with van der Waals surface area (Å²) in [5, 5.41) is 3.55. The minimum Gasteiger partial charge on any atom is -0.365 e. The average molecular weight is 181 g/mol. The number of aryl methyl sites for hydroxylation is 1. The van der Waals surface area contributed by atoms with E-state index in [0.29, 0.717) is 5.89 Å². The molecule has 13 heavy (non-hydrogen) atoms. The van der Waals surface area contributed by atoms with Crippen molar-refractivity contribution in [2.75, 3.05) is 5.73 Å². The first kappa shape index (κ1) is 8.53. The van der Waals surface area contributed by atoms with Crippen LogP contribution in [-0.4, -0.2) is 10.1 Å². The molecule has 1 aliphatic carbocycles. The van der Waals surface area contributed by atoms with Gasteiger partial charge in [0.05, 0.1) is 0 Å². The van der Waals surface area contributed by atoms with Crippen LogP contribution < -0.4 is 5.73 Å². The smallest absolute Gasteiger partial charge is 0.260 e. The number of nitrogen functional groups attached to an aromatic ring is 1. The van der Waals surface area contributed by atoms with Gasteiger partial charge >= 0.3 is 0 Å². The van der Waals surface area contributed by atoms with Crippen molar-refractivity contribution in [3.63, 3.8) is 0 Å². The molecule has 0 saturated heterocycles. The van der Waals surface area contributed by atoms with Gasteiger partial charge in [-0.15, -0.1) is 0 Å². The number of nitrogens with two attached hydrogens (primary N) is 1. The first-order valence-corrected chi connectivity index (χ1v) is 4.92. The number of anilines is 1. The molecule has 72 valence electrons. The predicted molar refractivity (Wildman–Crippen MR) is 49.0 cm³/mol. The lowest BCUT2D eigenvalue weighted by molar-refractivity contribution is 0.362. The summed E-state index contributed by atoms with van der Waals surface area (Å²) in [6.45, 7) is 0. The first-order chi connectivity index (χ1) is 6.34. The molecule has 4 heteroatoms. The zero-order chi connectivity index (χ0) is 9.10. The maximum atomic E-state index is 5.35. The van der Waals surface area contributed by atoms with Gasteiger partial charge in [-0.3, -0.25) is 0 Å². The molecule has 1 fully saturated rings. The van der Waals surface area contributed by atoms with E-state index >= 15 is 0 Å². The van der Waals surface area contributed by atoms with Crippen LogP contribution in [0.1, 0.15) is 38.0 Å². The monoisotopic (exact) mass is 181 g/mol. The van der Waals surface area contributed by atoms with Gasteiger partial charge in [-0.2, -0.15) is 4.98 Å². The summed E-state index contributed by atoms with van der Waals surface area (Å²) in [4.78, 5) is 3.97. The van der Waals surface area contributed by atoms with Crippen LogP contribution >= 0.6 is 0 Å². The maximum absolute atomic E-state index is 5.35. The first-order valence-electron chi connectivity index (χ1n) is 4.92. The summed E-state index contributed by atoms with van der Waals surface area (Å²) in [7, 11) is 0. The van der Waals surface area contributed by atoms with E-state index < -0.39 is 0 Å². The van der Waals surface area contributed by atoms with E-state index in [9.17, 15) is 0 Å².